The van der Waals surface area contributed by atoms with E-state index >= 15 is 0 Å². The van der Waals surface area contributed by atoms with Crippen LogP contribution in [-0.2, 0) is 0 Å². The first-order chi connectivity index (χ1) is 12.0. The number of carbonyl (C=O) groups is 2. The normalized spacial score (nSPS) is 10.3. The third-order valence-corrected chi connectivity index (χ3v) is 3.93. The maximum Gasteiger partial charge on any atom is 0.257 e. The number of hydrogen-bond donors (Lipinski definition) is 1. The van der Waals surface area contributed by atoms with Crippen LogP contribution in [0.2, 0.25) is 5.02 Å². The van der Waals surface area contributed by atoms with E-state index in [1.807, 2.05) is 13.0 Å². The number of anilines is 1. The molecule has 3 rings (SSSR count). The van der Waals surface area contributed by atoms with Gasteiger partial charge in [-0.3, -0.25) is 9.59 Å². The number of hydrogen-bond acceptors (Lipinski definition) is 3. The van der Waals surface area contributed by atoms with E-state index in [-0.39, 0.29) is 11.7 Å². The van der Waals surface area contributed by atoms with Crippen LogP contribution in [0.15, 0.2) is 66.9 Å². The zero-order chi connectivity index (χ0) is 17.8. The molecular formula is C20H15ClN2O2. The van der Waals surface area contributed by atoms with Gasteiger partial charge in [-0.1, -0.05) is 29.8 Å². The van der Waals surface area contributed by atoms with E-state index in [2.05, 4.69) is 10.3 Å². The Hall–Kier alpha value is -2.98. The number of benzene rings is 2. The Balaban J connectivity index is 1.91. The van der Waals surface area contributed by atoms with Crippen molar-refractivity contribution in [2.75, 3.05) is 5.32 Å². The van der Waals surface area contributed by atoms with Crippen LogP contribution in [0.25, 0.3) is 0 Å². The van der Waals surface area contributed by atoms with Crippen LogP contribution in [0, 0.1) is 6.92 Å². The Morgan fingerprint density at radius 2 is 1.64 bits per heavy atom. The monoisotopic (exact) mass is 350 g/mol. The molecule has 124 valence electrons. The lowest BCUT2D eigenvalue weighted by Crippen LogP contribution is -2.17. The summed E-state index contributed by atoms with van der Waals surface area (Å²) in [5, 5.41) is 3.28. The second-order valence-electron chi connectivity index (χ2n) is 5.55. The zero-order valence-corrected chi connectivity index (χ0v) is 14.2. The SMILES string of the molecule is Cc1ccnc(NC(=O)c2ccccc2C(=O)c2ccc(Cl)cc2)c1. The van der Waals surface area contributed by atoms with E-state index in [9.17, 15) is 9.59 Å². The summed E-state index contributed by atoms with van der Waals surface area (Å²) in [6.07, 6.45) is 1.62. The first kappa shape index (κ1) is 16.9. The topological polar surface area (TPSA) is 59.1 Å². The van der Waals surface area contributed by atoms with Crippen molar-refractivity contribution in [1.29, 1.82) is 0 Å². The van der Waals surface area contributed by atoms with Gasteiger partial charge in [0.2, 0.25) is 0 Å². The molecule has 0 spiro atoms. The van der Waals surface area contributed by atoms with E-state index in [1.54, 1.807) is 60.8 Å². The highest BCUT2D eigenvalue weighted by molar-refractivity contribution is 6.30. The minimum atomic E-state index is -0.379. The van der Waals surface area contributed by atoms with E-state index in [4.69, 9.17) is 11.6 Å². The molecule has 25 heavy (non-hydrogen) atoms. The summed E-state index contributed by atoms with van der Waals surface area (Å²) in [7, 11) is 0. The van der Waals surface area contributed by atoms with Gasteiger partial charge in [-0.05, 0) is 55.0 Å². The van der Waals surface area contributed by atoms with E-state index < -0.39 is 0 Å². The highest BCUT2D eigenvalue weighted by atomic mass is 35.5. The minimum absolute atomic E-state index is 0.236. The molecule has 0 aliphatic heterocycles. The second-order valence-corrected chi connectivity index (χ2v) is 5.99. The van der Waals surface area contributed by atoms with Gasteiger partial charge in [0, 0.05) is 22.3 Å². The number of nitrogens with one attached hydrogen (secondary N) is 1. The standard InChI is InChI=1S/C20H15ClN2O2/c1-13-10-11-22-18(12-13)23-20(25)17-5-3-2-4-16(17)19(24)14-6-8-15(21)9-7-14/h2-12H,1H3,(H,22,23,25). The van der Waals surface area contributed by atoms with E-state index in [0.717, 1.165) is 5.56 Å². The maximum absolute atomic E-state index is 12.8. The molecule has 4 nitrogen and oxygen atoms in total. The van der Waals surface area contributed by atoms with Gasteiger partial charge in [0.15, 0.2) is 5.78 Å². The van der Waals surface area contributed by atoms with Gasteiger partial charge >= 0.3 is 0 Å². The molecule has 0 radical (unpaired) electrons. The van der Waals surface area contributed by atoms with Gasteiger partial charge in [0.25, 0.3) is 5.91 Å². The molecule has 0 fully saturated rings. The molecule has 3 aromatic rings. The van der Waals surface area contributed by atoms with E-state index in [1.165, 1.54) is 0 Å². The average Bonchev–Trinajstić information content (AvgIpc) is 2.62. The quantitative estimate of drug-likeness (QED) is 0.703. The van der Waals surface area contributed by atoms with Crippen molar-refractivity contribution in [1.82, 2.24) is 4.98 Å². The summed E-state index contributed by atoms with van der Waals surface area (Å²) in [6.45, 7) is 1.91. The molecule has 1 amide bonds. The van der Waals surface area contributed by atoms with Crippen molar-refractivity contribution in [2.45, 2.75) is 6.92 Å². The van der Waals surface area contributed by atoms with Crippen molar-refractivity contribution in [3.05, 3.63) is 94.1 Å². The third kappa shape index (κ3) is 3.92. The molecule has 5 heteroatoms. The van der Waals surface area contributed by atoms with Crippen LogP contribution in [0.5, 0.6) is 0 Å². The summed E-state index contributed by atoms with van der Waals surface area (Å²) in [4.78, 5) is 29.5. The smallest absolute Gasteiger partial charge is 0.257 e. The Kier molecular flexibility index (Phi) is 4.91. The zero-order valence-electron chi connectivity index (χ0n) is 13.5. The number of amides is 1. The molecule has 1 aromatic heterocycles. The van der Waals surface area contributed by atoms with Gasteiger partial charge in [-0.2, -0.15) is 0 Å². The van der Waals surface area contributed by atoms with Crippen LogP contribution < -0.4 is 5.32 Å². The number of aryl methyl sites for hydroxylation is 1. The first-order valence-electron chi connectivity index (χ1n) is 7.68. The minimum Gasteiger partial charge on any atom is -0.307 e. The van der Waals surface area contributed by atoms with Crippen LogP contribution >= 0.6 is 11.6 Å². The molecule has 0 atom stereocenters. The molecule has 0 saturated heterocycles. The third-order valence-electron chi connectivity index (χ3n) is 3.68. The number of aromatic nitrogens is 1. The molecule has 1 heterocycles. The molecule has 0 saturated carbocycles. The number of rotatable bonds is 4. The van der Waals surface area contributed by atoms with Crippen molar-refractivity contribution in [3.8, 4) is 0 Å². The summed E-state index contributed by atoms with van der Waals surface area (Å²) >= 11 is 5.86. The van der Waals surface area contributed by atoms with Gasteiger partial charge in [0.05, 0.1) is 5.56 Å². The summed E-state index contributed by atoms with van der Waals surface area (Å²) in [5.41, 5.74) is 2.08. The Labute approximate surface area is 150 Å². The number of carbonyl (C=O) groups excluding carboxylic acids is 2. The van der Waals surface area contributed by atoms with Gasteiger partial charge in [-0.15, -0.1) is 0 Å². The van der Waals surface area contributed by atoms with Crippen molar-refractivity contribution in [3.63, 3.8) is 0 Å². The van der Waals surface area contributed by atoms with Gasteiger partial charge in [0.1, 0.15) is 5.82 Å². The Morgan fingerprint density at radius 3 is 2.32 bits per heavy atom. The number of nitrogens with zero attached hydrogens (tertiary/aromatic N) is 1. The Morgan fingerprint density at radius 1 is 0.960 bits per heavy atom. The summed E-state index contributed by atoms with van der Waals surface area (Å²) in [6, 6.07) is 16.9. The van der Waals surface area contributed by atoms with Crippen molar-refractivity contribution >= 4 is 29.1 Å². The Bertz CT molecular complexity index is 936. The van der Waals surface area contributed by atoms with Crippen LogP contribution in [0.3, 0.4) is 0 Å². The number of halogens is 1. The first-order valence-corrected chi connectivity index (χ1v) is 8.06. The predicted molar refractivity (Wildman–Crippen MR) is 98.3 cm³/mol. The lowest BCUT2D eigenvalue weighted by molar-refractivity contribution is 0.0996. The van der Waals surface area contributed by atoms with Crippen molar-refractivity contribution < 1.29 is 9.59 Å². The molecule has 0 bridgehead atoms. The fourth-order valence-corrected chi connectivity index (χ4v) is 2.55. The fraction of sp³-hybridized carbons (Fsp3) is 0.0500. The number of ketones is 1. The van der Waals surface area contributed by atoms with Crippen LogP contribution in [0.1, 0.15) is 31.8 Å². The largest absolute Gasteiger partial charge is 0.307 e. The highest BCUT2D eigenvalue weighted by Crippen LogP contribution is 2.18. The molecule has 1 N–H and O–H groups in total. The maximum atomic E-state index is 12.8. The lowest BCUT2D eigenvalue weighted by Gasteiger charge is -2.09. The van der Waals surface area contributed by atoms with Crippen LogP contribution in [0.4, 0.5) is 5.82 Å². The average molecular weight is 351 g/mol. The molecule has 0 unspecified atom stereocenters. The van der Waals surface area contributed by atoms with Gasteiger partial charge < -0.3 is 5.32 Å². The van der Waals surface area contributed by atoms with Crippen LogP contribution in [-0.4, -0.2) is 16.7 Å². The molecular weight excluding hydrogens is 336 g/mol. The number of pyridine rings is 1. The highest BCUT2D eigenvalue weighted by Gasteiger charge is 2.18. The van der Waals surface area contributed by atoms with Crippen molar-refractivity contribution in [2.24, 2.45) is 0 Å². The lowest BCUT2D eigenvalue weighted by atomic mass is 9.98. The second kappa shape index (κ2) is 7.28. The van der Waals surface area contributed by atoms with Gasteiger partial charge in [-0.25, -0.2) is 4.98 Å². The molecule has 0 aliphatic rings. The fourth-order valence-electron chi connectivity index (χ4n) is 2.42. The molecule has 0 aliphatic carbocycles. The summed E-state index contributed by atoms with van der Waals surface area (Å²) in [5.74, 6) is -0.172. The molecule has 2 aromatic carbocycles. The predicted octanol–water partition coefficient (Wildman–Crippen LogP) is 4.53. The summed E-state index contributed by atoms with van der Waals surface area (Å²) < 4.78 is 0. The van der Waals surface area contributed by atoms with E-state index in [0.29, 0.717) is 27.5 Å².